The monoisotopic (exact) mass is 399 g/mol. The minimum Gasteiger partial charge on any atom is -0.266 e. The number of amides is 1. The summed E-state index contributed by atoms with van der Waals surface area (Å²) in [7, 11) is 0. The number of anilines is 1. The van der Waals surface area contributed by atoms with E-state index in [0.29, 0.717) is 25.8 Å². The molecule has 0 aliphatic heterocycles. The molecule has 0 fully saturated rings. The predicted molar refractivity (Wildman–Crippen MR) is 105 cm³/mol. The minimum atomic E-state index is -0.372. The second kappa shape index (κ2) is 7.34. The molecule has 0 spiro atoms. The predicted octanol–water partition coefficient (Wildman–Crippen LogP) is 5.32. The van der Waals surface area contributed by atoms with Crippen molar-refractivity contribution in [2.24, 2.45) is 5.10 Å². The van der Waals surface area contributed by atoms with Crippen LogP contribution in [0.5, 0.6) is 0 Å². The maximum atomic E-state index is 13.5. The normalized spacial score (nSPS) is 11.3. The number of benzene rings is 2. The second-order valence-electron chi connectivity index (χ2n) is 5.50. The van der Waals surface area contributed by atoms with Crippen LogP contribution in [-0.2, 0) is 0 Å². The van der Waals surface area contributed by atoms with Crippen LogP contribution in [0, 0.1) is 11.6 Å². The van der Waals surface area contributed by atoms with E-state index in [2.05, 4.69) is 10.1 Å². The smallest absolute Gasteiger partial charge is 0.266 e. The Kier molecular flexibility index (Phi) is 4.74. The lowest BCUT2D eigenvalue weighted by molar-refractivity contribution is 0.0991. The van der Waals surface area contributed by atoms with Gasteiger partial charge in [0.2, 0.25) is 5.13 Å². The van der Waals surface area contributed by atoms with E-state index in [4.69, 9.17) is 0 Å². The third-order valence-corrected chi connectivity index (χ3v) is 5.49. The molecule has 4 nitrogen and oxygen atoms in total. The number of rotatable bonds is 4. The largest absolute Gasteiger partial charge is 0.290 e. The van der Waals surface area contributed by atoms with Gasteiger partial charge in [-0.05, 0) is 47.3 Å². The molecule has 0 saturated carbocycles. The molecule has 134 valence electrons. The number of hydrogen-bond donors (Lipinski definition) is 0. The maximum absolute atomic E-state index is 13.5. The number of carbonyl (C=O) groups is 1. The second-order valence-corrected chi connectivity index (χ2v) is 7.46. The van der Waals surface area contributed by atoms with Gasteiger partial charge in [-0.1, -0.05) is 29.5 Å². The summed E-state index contributed by atoms with van der Waals surface area (Å²) in [6.07, 6.45) is 1.46. The molecular formula is C19H11F2N3OS2. The highest BCUT2D eigenvalue weighted by atomic mass is 32.1. The highest BCUT2D eigenvalue weighted by Gasteiger charge is 2.21. The molecule has 27 heavy (non-hydrogen) atoms. The highest BCUT2D eigenvalue weighted by Crippen LogP contribution is 2.31. The van der Waals surface area contributed by atoms with Gasteiger partial charge in [0.15, 0.2) is 0 Å². The lowest BCUT2D eigenvalue weighted by Gasteiger charge is -2.12. The van der Waals surface area contributed by atoms with Gasteiger partial charge < -0.3 is 0 Å². The number of aromatic nitrogens is 1. The van der Waals surface area contributed by atoms with E-state index in [1.807, 2.05) is 0 Å². The number of thiazole rings is 1. The molecule has 0 bridgehead atoms. The summed E-state index contributed by atoms with van der Waals surface area (Å²) in [5, 5.41) is 7.56. The van der Waals surface area contributed by atoms with E-state index >= 15 is 0 Å². The first-order valence-electron chi connectivity index (χ1n) is 7.84. The van der Waals surface area contributed by atoms with Crippen molar-refractivity contribution in [1.82, 2.24) is 4.98 Å². The van der Waals surface area contributed by atoms with Crippen molar-refractivity contribution < 1.29 is 13.6 Å². The summed E-state index contributed by atoms with van der Waals surface area (Å²) < 4.78 is 27.2. The maximum Gasteiger partial charge on any atom is 0.290 e. The Morgan fingerprint density at radius 2 is 1.85 bits per heavy atom. The Labute approximate surface area is 161 Å². The summed E-state index contributed by atoms with van der Waals surface area (Å²) in [6, 6.07) is 13.4. The van der Waals surface area contributed by atoms with Gasteiger partial charge in [-0.2, -0.15) is 10.1 Å². The number of halogens is 2. The summed E-state index contributed by atoms with van der Waals surface area (Å²) in [5.74, 6) is -1.07. The molecule has 8 heteroatoms. The van der Waals surface area contributed by atoms with Crippen LogP contribution >= 0.6 is 22.7 Å². The lowest BCUT2D eigenvalue weighted by atomic mass is 10.2. The lowest BCUT2D eigenvalue weighted by Crippen LogP contribution is -2.24. The zero-order valence-corrected chi connectivity index (χ0v) is 15.3. The Hall–Kier alpha value is -2.97. The zero-order chi connectivity index (χ0) is 18.8. The van der Waals surface area contributed by atoms with Gasteiger partial charge in [0.1, 0.15) is 11.6 Å². The van der Waals surface area contributed by atoms with Gasteiger partial charge in [-0.3, -0.25) is 4.79 Å². The van der Waals surface area contributed by atoms with Crippen LogP contribution in [0.1, 0.15) is 15.2 Å². The van der Waals surface area contributed by atoms with Gasteiger partial charge in [-0.15, -0.1) is 11.3 Å². The van der Waals surface area contributed by atoms with Crippen LogP contribution in [0.4, 0.5) is 13.9 Å². The van der Waals surface area contributed by atoms with Crippen LogP contribution in [0.3, 0.4) is 0 Å². The van der Waals surface area contributed by atoms with Crippen molar-refractivity contribution in [2.45, 2.75) is 0 Å². The Morgan fingerprint density at radius 3 is 2.59 bits per heavy atom. The molecule has 0 atom stereocenters. The molecule has 4 aromatic rings. The standard InChI is InChI=1S/C19H11F2N3OS2/c20-13-5-3-12(4-6-13)11-22-24(18(25)16-2-1-9-26-16)19-23-15-8-7-14(21)10-17(15)27-19/h1-11H/b22-11-. The van der Waals surface area contributed by atoms with Crippen molar-refractivity contribution in [1.29, 1.82) is 0 Å². The first-order chi connectivity index (χ1) is 13.1. The molecule has 2 aromatic heterocycles. The van der Waals surface area contributed by atoms with Crippen LogP contribution in [0.2, 0.25) is 0 Å². The van der Waals surface area contributed by atoms with E-state index in [-0.39, 0.29) is 17.5 Å². The van der Waals surface area contributed by atoms with Gasteiger partial charge in [0.25, 0.3) is 5.91 Å². The van der Waals surface area contributed by atoms with Crippen molar-refractivity contribution >= 4 is 50.1 Å². The quantitative estimate of drug-likeness (QED) is 0.345. The van der Waals surface area contributed by atoms with Crippen molar-refractivity contribution in [3.63, 3.8) is 0 Å². The number of thiophene rings is 1. The van der Waals surface area contributed by atoms with E-state index < -0.39 is 0 Å². The van der Waals surface area contributed by atoms with Gasteiger partial charge in [-0.25, -0.2) is 13.8 Å². The SMILES string of the molecule is O=C(c1cccs1)N(/N=C\c1ccc(F)cc1)c1nc2ccc(F)cc2s1. The molecule has 0 radical (unpaired) electrons. The summed E-state index contributed by atoms with van der Waals surface area (Å²) >= 11 is 2.46. The fourth-order valence-corrected chi connectivity index (χ4v) is 3.94. The number of hydrazone groups is 1. The number of carbonyl (C=O) groups excluding carboxylic acids is 1. The average molecular weight is 399 g/mol. The minimum absolute atomic E-state index is 0.326. The van der Waals surface area contributed by atoms with Crippen LogP contribution in [0.15, 0.2) is 65.1 Å². The molecule has 0 N–H and O–H groups in total. The van der Waals surface area contributed by atoms with E-state index in [1.165, 1.54) is 58.2 Å². The molecule has 1 amide bonds. The van der Waals surface area contributed by atoms with Gasteiger partial charge >= 0.3 is 0 Å². The van der Waals surface area contributed by atoms with Crippen molar-refractivity contribution in [3.8, 4) is 0 Å². The van der Waals surface area contributed by atoms with Crippen LogP contribution in [0.25, 0.3) is 10.2 Å². The third kappa shape index (κ3) is 3.76. The Balaban J connectivity index is 1.74. The fraction of sp³-hybridized carbons (Fsp3) is 0. The molecule has 2 heterocycles. The first kappa shape index (κ1) is 17.4. The molecule has 0 aliphatic carbocycles. The van der Waals surface area contributed by atoms with Crippen LogP contribution < -0.4 is 5.01 Å². The summed E-state index contributed by atoms with van der Waals surface area (Å²) in [5.41, 5.74) is 1.21. The molecule has 0 saturated heterocycles. The molecule has 0 unspecified atom stereocenters. The molecule has 4 rings (SSSR count). The Morgan fingerprint density at radius 1 is 1.07 bits per heavy atom. The van der Waals surface area contributed by atoms with E-state index in [1.54, 1.807) is 35.7 Å². The van der Waals surface area contributed by atoms with Crippen molar-refractivity contribution in [3.05, 3.63) is 82.1 Å². The Bertz CT molecular complexity index is 1120. The number of hydrogen-bond acceptors (Lipinski definition) is 5. The van der Waals surface area contributed by atoms with E-state index in [0.717, 1.165) is 0 Å². The fourth-order valence-electron chi connectivity index (χ4n) is 2.34. The van der Waals surface area contributed by atoms with Crippen molar-refractivity contribution in [2.75, 3.05) is 5.01 Å². The number of nitrogens with zero attached hydrogens (tertiary/aromatic N) is 3. The summed E-state index contributed by atoms with van der Waals surface area (Å²) in [6.45, 7) is 0. The summed E-state index contributed by atoms with van der Waals surface area (Å²) in [4.78, 5) is 17.8. The van der Waals surface area contributed by atoms with E-state index in [9.17, 15) is 13.6 Å². The average Bonchev–Trinajstić information content (AvgIpc) is 3.32. The first-order valence-corrected chi connectivity index (χ1v) is 9.53. The molecule has 2 aromatic carbocycles. The third-order valence-electron chi connectivity index (χ3n) is 3.64. The topological polar surface area (TPSA) is 45.6 Å². The molecular weight excluding hydrogens is 388 g/mol. The number of fused-ring (bicyclic) bond motifs is 1. The highest BCUT2D eigenvalue weighted by molar-refractivity contribution is 7.22. The van der Waals surface area contributed by atoms with Crippen LogP contribution in [-0.4, -0.2) is 17.1 Å². The zero-order valence-electron chi connectivity index (χ0n) is 13.7. The molecule has 0 aliphatic rings. The van der Waals surface area contributed by atoms with Gasteiger partial charge in [0.05, 0.1) is 21.3 Å². The van der Waals surface area contributed by atoms with Gasteiger partial charge in [0, 0.05) is 0 Å².